The third-order valence-electron chi connectivity index (χ3n) is 12.2. The maximum Gasteiger partial charge on any atom is 0.161 e. The summed E-state index contributed by atoms with van der Waals surface area (Å²) in [5.74, 6) is 0.710. The van der Waals surface area contributed by atoms with Gasteiger partial charge in [-0.1, -0.05) is 188 Å². The van der Waals surface area contributed by atoms with Gasteiger partial charge in [0.05, 0.1) is 16.8 Å². The Hall–Kier alpha value is -7.01. The molecule has 0 saturated heterocycles. The predicted octanol–water partition coefficient (Wildman–Crippen LogP) is 13.6. The minimum atomic E-state index is -0.563. The second-order valence-corrected chi connectivity index (χ2v) is 16.3. The maximum absolute atomic E-state index is 5.56. The first-order valence-corrected chi connectivity index (χ1v) is 20.7. The molecule has 0 atom stereocenters. The summed E-state index contributed by atoms with van der Waals surface area (Å²) < 4.78 is 0. The van der Waals surface area contributed by atoms with Crippen molar-refractivity contribution in [1.82, 2.24) is 9.97 Å². The molecule has 1 N–H and O–H groups in total. The average Bonchev–Trinajstić information content (AvgIpc) is 3.60. The number of fused-ring (bicyclic) bond motifs is 11. The number of aromatic nitrogens is 2. The molecule has 0 radical (unpaired) electrons. The maximum atomic E-state index is 5.56. The van der Waals surface area contributed by atoms with E-state index in [1.165, 1.54) is 76.3 Å². The van der Waals surface area contributed by atoms with E-state index in [9.17, 15) is 0 Å². The highest BCUT2D eigenvalue weighted by Crippen LogP contribution is 2.65. The molecule has 1 aliphatic carbocycles. The zero-order chi connectivity index (χ0) is 38.2. The van der Waals surface area contributed by atoms with Gasteiger partial charge in [-0.25, -0.2) is 9.97 Å². The first-order chi connectivity index (χ1) is 28.8. The van der Waals surface area contributed by atoms with E-state index >= 15 is 0 Å². The monoisotopic (exact) mass is 757 g/mol. The van der Waals surface area contributed by atoms with Crippen LogP contribution in [0.15, 0.2) is 198 Å². The molecular weight excluding hydrogens is 723 g/mol. The van der Waals surface area contributed by atoms with Gasteiger partial charge in [0.2, 0.25) is 0 Å². The zero-order valence-electron chi connectivity index (χ0n) is 31.5. The topological polar surface area (TPSA) is 37.8 Å². The number of anilines is 1. The fourth-order valence-corrected chi connectivity index (χ4v) is 11.0. The van der Waals surface area contributed by atoms with Crippen LogP contribution < -0.4 is 5.32 Å². The van der Waals surface area contributed by atoms with Gasteiger partial charge in [-0.3, -0.25) is 0 Å². The zero-order valence-corrected chi connectivity index (χ0v) is 32.3. The van der Waals surface area contributed by atoms with Gasteiger partial charge in [0.1, 0.15) is 0 Å². The van der Waals surface area contributed by atoms with E-state index < -0.39 is 5.41 Å². The van der Waals surface area contributed by atoms with Crippen LogP contribution in [0, 0.1) is 0 Å². The number of nitrogens with zero attached hydrogens (tertiary/aromatic N) is 2. The van der Waals surface area contributed by atoms with Crippen LogP contribution in [-0.4, -0.2) is 16.5 Å². The van der Waals surface area contributed by atoms with E-state index in [0.29, 0.717) is 5.82 Å². The van der Waals surface area contributed by atoms with E-state index in [1.54, 1.807) is 0 Å². The molecule has 12 rings (SSSR count). The summed E-state index contributed by atoms with van der Waals surface area (Å²) in [4.78, 5) is 13.6. The van der Waals surface area contributed by atoms with Gasteiger partial charge in [0, 0.05) is 44.3 Å². The van der Waals surface area contributed by atoms with Crippen LogP contribution in [0.4, 0.5) is 5.69 Å². The minimum absolute atomic E-state index is 0.563. The van der Waals surface area contributed by atoms with Crippen LogP contribution in [0.1, 0.15) is 27.8 Å². The minimum Gasteiger partial charge on any atom is -0.381 e. The molecule has 58 heavy (non-hydrogen) atoms. The molecule has 9 aromatic rings. The average molecular weight is 758 g/mol. The Bertz CT molecular complexity index is 3110. The van der Waals surface area contributed by atoms with Crippen molar-refractivity contribution in [3.05, 3.63) is 216 Å². The molecule has 2 aliphatic heterocycles. The molecular formula is C54H35N3S. The number of rotatable bonds is 4. The van der Waals surface area contributed by atoms with Crippen molar-refractivity contribution in [2.45, 2.75) is 15.2 Å². The van der Waals surface area contributed by atoms with Crippen molar-refractivity contribution in [3.63, 3.8) is 0 Å². The van der Waals surface area contributed by atoms with Gasteiger partial charge < -0.3 is 5.32 Å². The molecule has 1 spiro atoms. The third-order valence-corrected chi connectivity index (χ3v) is 13.3. The van der Waals surface area contributed by atoms with Gasteiger partial charge in [-0.15, -0.1) is 0 Å². The van der Waals surface area contributed by atoms with Gasteiger partial charge >= 0.3 is 0 Å². The number of benzene rings is 8. The highest BCUT2D eigenvalue weighted by Gasteiger charge is 2.51. The summed E-state index contributed by atoms with van der Waals surface area (Å²) >= 11 is 1.87. The summed E-state index contributed by atoms with van der Waals surface area (Å²) in [7, 11) is 0. The SMILES string of the molecule is C1=Cc2cccc(-c3cccc4c3-c3c(-c5nc(-c6ccccc6)cc(-c6cccc7ccccc67)n5)cccc3C43c4ccccc4Sc4ccccc43)c2NC1. The van der Waals surface area contributed by atoms with E-state index in [4.69, 9.17) is 9.97 Å². The van der Waals surface area contributed by atoms with Gasteiger partial charge in [-0.05, 0) is 73.5 Å². The van der Waals surface area contributed by atoms with Crippen LogP contribution in [-0.2, 0) is 5.41 Å². The summed E-state index contributed by atoms with van der Waals surface area (Å²) in [5.41, 5.74) is 16.7. The molecule has 0 amide bonds. The molecule has 1 aromatic heterocycles. The summed E-state index contributed by atoms with van der Waals surface area (Å²) in [6.07, 6.45) is 4.43. The van der Waals surface area contributed by atoms with Gasteiger partial charge in [-0.2, -0.15) is 0 Å². The summed E-state index contributed by atoms with van der Waals surface area (Å²) in [5, 5.41) is 6.10. The van der Waals surface area contributed by atoms with E-state index in [-0.39, 0.29) is 0 Å². The Morgan fingerprint density at radius 1 is 0.483 bits per heavy atom. The van der Waals surface area contributed by atoms with Crippen molar-refractivity contribution in [1.29, 1.82) is 0 Å². The molecule has 272 valence electrons. The lowest BCUT2D eigenvalue weighted by molar-refractivity contribution is 0.722. The number of hydrogen-bond acceptors (Lipinski definition) is 4. The first-order valence-electron chi connectivity index (χ1n) is 19.9. The Morgan fingerprint density at radius 3 is 1.88 bits per heavy atom. The van der Waals surface area contributed by atoms with Crippen molar-refractivity contribution < 1.29 is 0 Å². The lowest BCUT2D eigenvalue weighted by Crippen LogP contribution is -2.31. The lowest BCUT2D eigenvalue weighted by Gasteiger charge is -2.39. The smallest absolute Gasteiger partial charge is 0.161 e. The largest absolute Gasteiger partial charge is 0.381 e. The molecule has 4 heteroatoms. The highest BCUT2D eigenvalue weighted by molar-refractivity contribution is 7.99. The number of nitrogens with one attached hydrogen (secondary N) is 1. The molecule has 0 bridgehead atoms. The summed E-state index contributed by atoms with van der Waals surface area (Å²) in [6.45, 7) is 0.792. The van der Waals surface area contributed by atoms with Crippen LogP contribution >= 0.6 is 11.8 Å². The van der Waals surface area contributed by atoms with Crippen molar-refractivity contribution in [3.8, 4) is 56.2 Å². The molecule has 8 aromatic carbocycles. The lowest BCUT2D eigenvalue weighted by atomic mass is 9.67. The fourth-order valence-electron chi connectivity index (χ4n) is 9.79. The second-order valence-electron chi connectivity index (χ2n) is 15.2. The van der Waals surface area contributed by atoms with Gasteiger partial charge in [0.25, 0.3) is 0 Å². The quantitative estimate of drug-likeness (QED) is 0.194. The second kappa shape index (κ2) is 13.0. The van der Waals surface area contributed by atoms with Gasteiger partial charge in [0.15, 0.2) is 5.82 Å². The van der Waals surface area contributed by atoms with Crippen LogP contribution in [0.3, 0.4) is 0 Å². The molecule has 3 heterocycles. The van der Waals surface area contributed by atoms with Crippen molar-refractivity contribution >= 4 is 34.3 Å². The Kier molecular flexibility index (Phi) is 7.44. The van der Waals surface area contributed by atoms with Crippen LogP contribution in [0.5, 0.6) is 0 Å². The van der Waals surface area contributed by atoms with Crippen molar-refractivity contribution in [2.24, 2.45) is 0 Å². The molecule has 3 nitrogen and oxygen atoms in total. The number of para-hydroxylation sites is 1. The normalized spacial score (nSPS) is 13.9. The highest BCUT2D eigenvalue weighted by atomic mass is 32.2. The standard InChI is InChI=1S/C54H35N3S/c1-2-16-35(17-3-1)46-33-47(38-22-10-18-34-15-4-5-21-37(34)38)57-53(56-46)41-25-13-29-45-51(41)50-39(40-24-11-19-36-20-14-32-55-52(36)40)23-12-28-44(50)54(45)42-26-6-8-30-48(42)58-49-31-9-7-27-43(49)54/h1-31,33,55H,32H2. The Morgan fingerprint density at radius 2 is 1.07 bits per heavy atom. The predicted molar refractivity (Wildman–Crippen MR) is 240 cm³/mol. The Labute approximate surface area is 341 Å². The molecule has 0 unspecified atom stereocenters. The van der Waals surface area contributed by atoms with Crippen LogP contribution in [0.2, 0.25) is 0 Å². The van der Waals surface area contributed by atoms with E-state index in [2.05, 4.69) is 199 Å². The van der Waals surface area contributed by atoms with E-state index in [1.807, 2.05) is 11.8 Å². The fraction of sp³-hybridized carbons (Fsp3) is 0.0370. The third kappa shape index (κ3) is 4.82. The summed E-state index contributed by atoms with van der Waals surface area (Å²) in [6, 6.07) is 66.2. The number of hydrogen-bond donors (Lipinski definition) is 1. The first kappa shape index (κ1) is 33.2. The molecule has 3 aliphatic rings. The Balaban J connectivity index is 1.22. The van der Waals surface area contributed by atoms with Crippen LogP contribution in [0.25, 0.3) is 73.0 Å². The van der Waals surface area contributed by atoms with E-state index in [0.717, 1.165) is 34.6 Å². The van der Waals surface area contributed by atoms with Crippen molar-refractivity contribution in [2.75, 3.05) is 11.9 Å². The molecule has 0 fully saturated rings. The molecule has 0 saturated carbocycles.